The molecule has 2 aliphatic heterocycles. The summed E-state index contributed by atoms with van der Waals surface area (Å²) < 4.78 is 42.6. The number of carbonyl (C=O) groups excluding carboxylic acids is 2. The Bertz CT molecular complexity index is 774. The molecule has 1 amide bonds. The molecule has 3 heterocycles. The summed E-state index contributed by atoms with van der Waals surface area (Å²) in [5, 5.41) is 4.31. The van der Waals surface area contributed by atoms with Crippen LogP contribution in [-0.2, 0) is 14.3 Å². The van der Waals surface area contributed by atoms with Crippen LogP contribution < -0.4 is 5.32 Å². The first-order valence-electron chi connectivity index (χ1n) is 7.80. The number of aliphatic imine (C=N–C) groups is 1. The van der Waals surface area contributed by atoms with E-state index in [4.69, 9.17) is 4.74 Å². The molecule has 7 nitrogen and oxygen atoms in total. The fraction of sp³-hybridized carbons (Fsp3) is 0.467. The number of amides is 1. The van der Waals surface area contributed by atoms with Gasteiger partial charge in [0.25, 0.3) is 0 Å². The first-order chi connectivity index (χ1) is 12.3. The summed E-state index contributed by atoms with van der Waals surface area (Å²) in [6, 6.07) is -0.799. The third kappa shape index (κ3) is 3.57. The number of halogens is 3. The van der Waals surface area contributed by atoms with E-state index in [2.05, 4.69) is 9.98 Å². The van der Waals surface area contributed by atoms with Crippen LogP contribution in [0.25, 0.3) is 0 Å². The Hall–Kier alpha value is -2.43. The van der Waals surface area contributed by atoms with Crippen LogP contribution in [0.15, 0.2) is 27.8 Å². The van der Waals surface area contributed by atoms with Gasteiger partial charge in [-0.05, 0) is 6.92 Å². The molecule has 1 atom stereocenters. The molecule has 1 unspecified atom stereocenters. The number of ether oxygens (including phenoxy) is 1. The third-order valence-corrected chi connectivity index (χ3v) is 4.67. The fourth-order valence-electron chi connectivity index (χ4n) is 2.85. The van der Waals surface area contributed by atoms with Crippen molar-refractivity contribution in [3.05, 3.63) is 27.9 Å². The van der Waals surface area contributed by atoms with Gasteiger partial charge in [-0.1, -0.05) is 0 Å². The minimum atomic E-state index is -4.96. The number of nitrogens with one attached hydrogen (secondary N) is 1. The van der Waals surface area contributed by atoms with Crippen LogP contribution in [0.2, 0.25) is 0 Å². The van der Waals surface area contributed by atoms with Gasteiger partial charge in [-0.3, -0.25) is 9.79 Å². The number of hydrogen-bond acceptors (Lipinski definition) is 7. The number of carbonyl (C=O) groups is 2. The lowest BCUT2D eigenvalue weighted by molar-refractivity contribution is -0.174. The van der Waals surface area contributed by atoms with Gasteiger partial charge in [-0.15, -0.1) is 11.3 Å². The average Bonchev–Trinajstić information content (AvgIpc) is 3.22. The number of hydrogen-bond donors (Lipinski definition) is 1. The van der Waals surface area contributed by atoms with Crippen molar-refractivity contribution >= 4 is 29.0 Å². The van der Waals surface area contributed by atoms with E-state index in [-0.39, 0.29) is 31.7 Å². The molecule has 1 aromatic heterocycles. The van der Waals surface area contributed by atoms with Crippen LogP contribution in [0.1, 0.15) is 18.4 Å². The van der Waals surface area contributed by atoms with Crippen molar-refractivity contribution in [1.82, 2.24) is 15.2 Å². The number of nitrogens with zero attached hydrogens (tertiary/aromatic N) is 3. The van der Waals surface area contributed by atoms with E-state index < -0.39 is 24.1 Å². The van der Waals surface area contributed by atoms with Crippen LogP contribution in [-0.4, -0.2) is 59.5 Å². The Morgan fingerprint density at radius 1 is 1.46 bits per heavy atom. The zero-order valence-corrected chi connectivity index (χ0v) is 14.5. The number of esters is 1. The van der Waals surface area contributed by atoms with Crippen molar-refractivity contribution in [2.75, 3.05) is 19.7 Å². The fourth-order valence-corrected chi connectivity index (χ4v) is 3.50. The molecule has 26 heavy (non-hydrogen) atoms. The van der Waals surface area contributed by atoms with Crippen molar-refractivity contribution in [2.24, 2.45) is 4.99 Å². The number of fused-ring (bicyclic) bond motifs is 1. The van der Waals surface area contributed by atoms with E-state index >= 15 is 0 Å². The largest absolute Gasteiger partial charge is 0.471 e. The standard InChI is InChI=1S/C15H15F3N4O3S/c1-2-25-13(23)9-6-20-11(12-19-3-4-26-12)22-7-8(5-10(9)22)21-14(24)15(16,17)18/h3-4,8H,2,5-7H2,1H3,(H,21,24). The molecule has 2 aliphatic rings. The average molecular weight is 388 g/mol. The van der Waals surface area contributed by atoms with Gasteiger partial charge in [0.1, 0.15) is 0 Å². The van der Waals surface area contributed by atoms with E-state index in [1.165, 1.54) is 11.3 Å². The van der Waals surface area contributed by atoms with Crippen LogP contribution in [0.3, 0.4) is 0 Å². The lowest BCUT2D eigenvalue weighted by Crippen LogP contribution is -2.44. The Balaban J connectivity index is 1.88. The number of alkyl halides is 3. The second kappa shape index (κ2) is 7.06. The Morgan fingerprint density at radius 3 is 2.85 bits per heavy atom. The second-order valence-electron chi connectivity index (χ2n) is 5.61. The predicted molar refractivity (Wildman–Crippen MR) is 86.5 cm³/mol. The molecule has 1 aromatic rings. The molecule has 11 heteroatoms. The van der Waals surface area contributed by atoms with E-state index in [0.717, 1.165) is 0 Å². The molecule has 1 fully saturated rings. The van der Waals surface area contributed by atoms with Crippen molar-refractivity contribution in [1.29, 1.82) is 0 Å². The summed E-state index contributed by atoms with van der Waals surface area (Å²) in [5.74, 6) is -2.09. The SMILES string of the molecule is CCOC(=O)C1=C2CC(NC(=O)C(F)(F)F)CN2C(c2nccs2)=NC1. The minimum Gasteiger partial charge on any atom is -0.463 e. The van der Waals surface area contributed by atoms with Crippen molar-refractivity contribution < 1.29 is 27.5 Å². The molecular weight excluding hydrogens is 373 g/mol. The predicted octanol–water partition coefficient (Wildman–Crippen LogP) is 1.47. The molecule has 0 radical (unpaired) electrons. The lowest BCUT2D eigenvalue weighted by Gasteiger charge is -2.26. The zero-order chi connectivity index (χ0) is 18.9. The normalized spacial score (nSPS) is 19.9. The van der Waals surface area contributed by atoms with Crippen molar-refractivity contribution in [3.63, 3.8) is 0 Å². The van der Waals surface area contributed by atoms with E-state index in [1.54, 1.807) is 23.4 Å². The van der Waals surface area contributed by atoms with Crippen LogP contribution in [0, 0.1) is 0 Å². The number of amidine groups is 1. The van der Waals surface area contributed by atoms with Crippen LogP contribution in [0.5, 0.6) is 0 Å². The summed E-state index contributed by atoms with van der Waals surface area (Å²) >= 11 is 1.33. The van der Waals surface area contributed by atoms with Crippen molar-refractivity contribution in [2.45, 2.75) is 25.6 Å². The lowest BCUT2D eigenvalue weighted by atomic mass is 10.1. The number of thiazole rings is 1. The maximum Gasteiger partial charge on any atom is 0.471 e. The Labute approximate surface area is 150 Å². The van der Waals surface area contributed by atoms with Gasteiger partial charge in [-0.2, -0.15) is 13.2 Å². The molecule has 0 saturated carbocycles. The molecular formula is C15H15F3N4O3S. The highest BCUT2D eigenvalue weighted by Gasteiger charge is 2.43. The Kier molecular flexibility index (Phi) is 4.99. The second-order valence-corrected chi connectivity index (χ2v) is 6.50. The summed E-state index contributed by atoms with van der Waals surface area (Å²) in [6.07, 6.45) is -3.29. The first-order valence-corrected chi connectivity index (χ1v) is 8.68. The maximum atomic E-state index is 12.5. The molecule has 3 rings (SSSR count). The molecule has 0 spiro atoms. The molecule has 140 valence electrons. The van der Waals surface area contributed by atoms with E-state index in [0.29, 0.717) is 16.5 Å². The molecule has 1 saturated heterocycles. The summed E-state index contributed by atoms with van der Waals surface area (Å²) in [7, 11) is 0. The number of rotatable bonds is 4. The minimum absolute atomic E-state index is 0.0551. The van der Waals surface area contributed by atoms with Gasteiger partial charge >= 0.3 is 18.1 Å². The van der Waals surface area contributed by atoms with Gasteiger partial charge in [0.2, 0.25) is 0 Å². The number of aromatic nitrogens is 1. The molecule has 0 bridgehead atoms. The van der Waals surface area contributed by atoms with Crippen LogP contribution in [0.4, 0.5) is 13.2 Å². The van der Waals surface area contributed by atoms with Gasteiger partial charge in [-0.25, -0.2) is 9.78 Å². The van der Waals surface area contributed by atoms with Crippen LogP contribution >= 0.6 is 11.3 Å². The molecule has 1 N–H and O–H groups in total. The molecule has 0 aliphatic carbocycles. The first kappa shape index (κ1) is 18.4. The van der Waals surface area contributed by atoms with Gasteiger partial charge in [0.15, 0.2) is 10.8 Å². The highest BCUT2D eigenvalue weighted by atomic mass is 32.1. The van der Waals surface area contributed by atoms with Gasteiger partial charge < -0.3 is 15.0 Å². The highest BCUT2D eigenvalue weighted by Crippen LogP contribution is 2.32. The van der Waals surface area contributed by atoms with Crippen molar-refractivity contribution in [3.8, 4) is 0 Å². The monoisotopic (exact) mass is 388 g/mol. The van der Waals surface area contributed by atoms with E-state index in [9.17, 15) is 22.8 Å². The quantitative estimate of drug-likeness (QED) is 0.790. The third-order valence-electron chi connectivity index (χ3n) is 3.90. The summed E-state index contributed by atoms with van der Waals surface area (Å²) in [4.78, 5) is 33.6. The highest BCUT2D eigenvalue weighted by molar-refractivity contribution is 7.11. The molecule has 0 aromatic carbocycles. The maximum absolute atomic E-state index is 12.5. The summed E-state index contributed by atoms with van der Waals surface area (Å²) in [6.45, 7) is 1.96. The van der Waals surface area contributed by atoms with E-state index in [1.807, 2.05) is 5.32 Å². The summed E-state index contributed by atoms with van der Waals surface area (Å²) in [5.41, 5.74) is 0.798. The smallest absolute Gasteiger partial charge is 0.463 e. The Morgan fingerprint density at radius 2 is 2.23 bits per heavy atom. The topological polar surface area (TPSA) is 83.9 Å². The van der Waals surface area contributed by atoms with Gasteiger partial charge in [0, 0.05) is 30.2 Å². The van der Waals surface area contributed by atoms with Gasteiger partial charge in [0.05, 0.1) is 24.8 Å². The zero-order valence-electron chi connectivity index (χ0n) is 13.7.